The molecule has 0 aliphatic heterocycles. The van der Waals surface area contributed by atoms with Gasteiger partial charge in [0.25, 0.3) is 5.69 Å². The van der Waals surface area contributed by atoms with Crippen LogP contribution >= 0.6 is 11.8 Å². The van der Waals surface area contributed by atoms with E-state index in [2.05, 4.69) is 0 Å². The van der Waals surface area contributed by atoms with E-state index in [0.29, 0.717) is 18.9 Å². The standard InChI is InChI=1S/C13H18N2O4S/c1-14(8-3-9-19-2)13(16)10-20-12-6-4-11(5-7-12)15(17)18/h4-7H,3,8-10H2,1-2H3. The van der Waals surface area contributed by atoms with Gasteiger partial charge in [-0.1, -0.05) is 0 Å². The Labute approximate surface area is 122 Å². The Morgan fingerprint density at radius 2 is 2.05 bits per heavy atom. The average Bonchev–Trinajstić information content (AvgIpc) is 2.45. The van der Waals surface area contributed by atoms with Gasteiger partial charge in [-0.25, -0.2) is 0 Å². The molecule has 7 heteroatoms. The van der Waals surface area contributed by atoms with Crippen molar-refractivity contribution in [2.24, 2.45) is 0 Å². The molecule has 0 atom stereocenters. The SMILES string of the molecule is COCCCN(C)C(=O)CSc1ccc([N+](=O)[O-])cc1. The number of non-ortho nitro benzene ring substituents is 1. The molecule has 0 fully saturated rings. The number of carbonyl (C=O) groups excluding carboxylic acids is 1. The number of nitro benzene ring substituents is 1. The van der Waals surface area contributed by atoms with Crippen molar-refractivity contribution in [3.63, 3.8) is 0 Å². The molecule has 0 N–H and O–H groups in total. The van der Waals surface area contributed by atoms with Crippen molar-refractivity contribution in [2.45, 2.75) is 11.3 Å². The number of thioether (sulfide) groups is 1. The van der Waals surface area contributed by atoms with Gasteiger partial charge in [-0.3, -0.25) is 14.9 Å². The van der Waals surface area contributed by atoms with Crippen LogP contribution in [0.15, 0.2) is 29.2 Å². The quantitative estimate of drug-likeness (QED) is 0.318. The number of methoxy groups -OCH3 is 1. The molecule has 1 aromatic carbocycles. The van der Waals surface area contributed by atoms with E-state index in [0.717, 1.165) is 11.3 Å². The summed E-state index contributed by atoms with van der Waals surface area (Å²) in [6.45, 7) is 1.29. The average molecular weight is 298 g/mol. The fourth-order valence-electron chi connectivity index (χ4n) is 1.49. The van der Waals surface area contributed by atoms with Crippen LogP contribution in [0.5, 0.6) is 0 Å². The fraction of sp³-hybridized carbons (Fsp3) is 0.462. The first-order chi connectivity index (χ1) is 9.54. The van der Waals surface area contributed by atoms with Gasteiger partial charge < -0.3 is 9.64 Å². The topological polar surface area (TPSA) is 72.7 Å². The second kappa shape index (κ2) is 8.55. The maximum atomic E-state index is 11.8. The summed E-state index contributed by atoms with van der Waals surface area (Å²) in [5, 5.41) is 10.5. The third-order valence-corrected chi connectivity index (χ3v) is 3.67. The zero-order chi connectivity index (χ0) is 15.0. The van der Waals surface area contributed by atoms with Crippen LogP contribution in [0.25, 0.3) is 0 Å². The molecule has 0 saturated carbocycles. The van der Waals surface area contributed by atoms with E-state index in [1.54, 1.807) is 31.2 Å². The van der Waals surface area contributed by atoms with Gasteiger partial charge >= 0.3 is 0 Å². The van der Waals surface area contributed by atoms with Crippen LogP contribution in [0.2, 0.25) is 0 Å². The Hall–Kier alpha value is -1.60. The van der Waals surface area contributed by atoms with Crippen LogP contribution < -0.4 is 0 Å². The van der Waals surface area contributed by atoms with Crippen molar-refractivity contribution in [3.8, 4) is 0 Å². The fourth-order valence-corrected chi connectivity index (χ4v) is 2.33. The Balaban J connectivity index is 2.38. The van der Waals surface area contributed by atoms with Crippen LogP contribution in [-0.4, -0.2) is 48.8 Å². The van der Waals surface area contributed by atoms with Crippen LogP contribution in [0, 0.1) is 10.1 Å². The van der Waals surface area contributed by atoms with Gasteiger partial charge in [0.2, 0.25) is 5.91 Å². The largest absolute Gasteiger partial charge is 0.385 e. The van der Waals surface area contributed by atoms with Gasteiger partial charge in [0.15, 0.2) is 0 Å². The summed E-state index contributed by atoms with van der Waals surface area (Å²) in [5.41, 5.74) is 0.0531. The molecule has 0 aliphatic carbocycles. The third-order valence-electron chi connectivity index (χ3n) is 2.68. The summed E-state index contributed by atoms with van der Waals surface area (Å²) in [5.74, 6) is 0.353. The molecule has 20 heavy (non-hydrogen) atoms. The number of nitrogens with zero attached hydrogens (tertiary/aromatic N) is 2. The maximum Gasteiger partial charge on any atom is 0.269 e. The van der Waals surface area contributed by atoms with Gasteiger partial charge in [-0.2, -0.15) is 0 Å². The minimum Gasteiger partial charge on any atom is -0.385 e. The zero-order valence-corrected chi connectivity index (χ0v) is 12.4. The number of carbonyl (C=O) groups is 1. The lowest BCUT2D eigenvalue weighted by Gasteiger charge is -2.16. The molecule has 0 radical (unpaired) electrons. The molecule has 0 spiro atoms. The summed E-state index contributed by atoms with van der Waals surface area (Å²) in [7, 11) is 3.39. The van der Waals surface area contributed by atoms with Gasteiger partial charge in [-0.05, 0) is 18.6 Å². The highest BCUT2D eigenvalue weighted by atomic mass is 32.2. The molecule has 1 amide bonds. The normalized spacial score (nSPS) is 10.3. The lowest BCUT2D eigenvalue weighted by Crippen LogP contribution is -2.29. The molecule has 0 saturated heterocycles. The van der Waals surface area contributed by atoms with Crippen molar-refractivity contribution >= 4 is 23.4 Å². The molecule has 0 aliphatic rings. The van der Waals surface area contributed by atoms with E-state index >= 15 is 0 Å². The molecule has 6 nitrogen and oxygen atoms in total. The minimum absolute atomic E-state index is 0.0319. The molecule has 0 unspecified atom stereocenters. The highest BCUT2D eigenvalue weighted by Crippen LogP contribution is 2.21. The molecule has 0 bridgehead atoms. The first kappa shape index (κ1) is 16.5. The highest BCUT2D eigenvalue weighted by Gasteiger charge is 2.10. The first-order valence-corrected chi connectivity index (χ1v) is 7.13. The van der Waals surface area contributed by atoms with Crippen LogP contribution in [0.4, 0.5) is 5.69 Å². The molecular formula is C13H18N2O4S. The van der Waals surface area contributed by atoms with Gasteiger partial charge in [0.05, 0.1) is 10.7 Å². The first-order valence-electron chi connectivity index (χ1n) is 6.14. The lowest BCUT2D eigenvalue weighted by atomic mass is 10.3. The number of rotatable bonds is 8. The summed E-state index contributed by atoms with van der Waals surface area (Å²) >= 11 is 1.37. The van der Waals surface area contributed by atoms with Crippen LogP contribution in [-0.2, 0) is 9.53 Å². The predicted molar refractivity (Wildman–Crippen MR) is 78.0 cm³/mol. The van der Waals surface area contributed by atoms with Crippen molar-refractivity contribution in [3.05, 3.63) is 34.4 Å². The van der Waals surface area contributed by atoms with Crippen LogP contribution in [0.1, 0.15) is 6.42 Å². The third kappa shape index (κ3) is 5.58. The summed E-state index contributed by atoms with van der Waals surface area (Å²) in [6.07, 6.45) is 0.806. The number of amides is 1. The van der Waals surface area contributed by atoms with E-state index in [1.807, 2.05) is 0 Å². The lowest BCUT2D eigenvalue weighted by molar-refractivity contribution is -0.384. The summed E-state index contributed by atoms with van der Waals surface area (Å²) < 4.78 is 4.93. The predicted octanol–water partition coefficient (Wildman–Crippen LogP) is 2.18. The van der Waals surface area contributed by atoms with Crippen molar-refractivity contribution in [2.75, 3.05) is 33.1 Å². The Morgan fingerprint density at radius 3 is 2.60 bits per heavy atom. The number of benzene rings is 1. The van der Waals surface area contributed by atoms with Gasteiger partial charge in [-0.15, -0.1) is 11.8 Å². The maximum absolute atomic E-state index is 11.8. The number of ether oxygens (including phenoxy) is 1. The highest BCUT2D eigenvalue weighted by molar-refractivity contribution is 8.00. The van der Waals surface area contributed by atoms with E-state index in [4.69, 9.17) is 4.74 Å². The Bertz CT molecular complexity index is 450. The molecule has 110 valence electrons. The second-order valence-electron chi connectivity index (χ2n) is 4.20. The monoisotopic (exact) mass is 298 g/mol. The second-order valence-corrected chi connectivity index (χ2v) is 5.25. The minimum atomic E-state index is -0.441. The molecule has 0 heterocycles. The van der Waals surface area contributed by atoms with Crippen molar-refractivity contribution in [1.29, 1.82) is 0 Å². The van der Waals surface area contributed by atoms with Gasteiger partial charge in [0.1, 0.15) is 0 Å². The van der Waals surface area contributed by atoms with E-state index in [9.17, 15) is 14.9 Å². The van der Waals surface area contributed by atoms with Gasteiger partial charge in [0, 0.05) is 44.3 Å². The smallest absolute Gasteiger partial charge is 0.269 e. The van der Waals surface area contributed by atoms with E-state index in [1.165, 1.54) is 23.9 Å². The Morgan fingerprint density at radius 1 is 1.40 bits per heavy atom. The summed E-state index contributed by atoms with van der Waals surface area (Å²) in [6, 6.07) is 6.19. The van der Waals surface area contributed by atoms with Crippen molar-refractivity contribution < 1.29 is 14.5 Å². The molecule has 1 aromatic rings. The number of hydrogen-bond donors (Lipinski definition) is 0. The molecule has 1 rings (SSSR count). The van der Waals surface area contributed by atoms with E-state index in [-0.39, 0.29) is 11.6 Å². The number of nitro groups is 1. The zero-order valence-electron chi connectivity index (χ0n) is 11.6. The molecular weight excluding hydrogens is 280 g/mol. The molecule has 0 aromatic heterocycles. The Kier molecular flexibility index (Phi) is 7.03. The number of hydrogen-bond acceptors (Lipinski definition) is 5. The van der Waals surface area contributed by atoms with E-state index < -0.39 is 4.92 Å². The van der Waals surface area contributed by atoms with Crippen LogP contribution in [0.3, 0.4) is 0 Å². The van der Waals surface area contributed by atoms with Crippen molar-refractivity contribution in [1.82, 2.24) is 4.90 Å². The summed E-state index contributed by atoms with van der Waals surface area (Å²) in [4.78, 5) is 24.4.